The molecule has 2 unspecified atom stereocenters. The van der Waals surface area contributed by atoms with Gasteiger partial charge in [0.15, 0.2) is 0 Å². The summed E-state index contributed by atoms with van der Waals surface area (Å²) >= 11 is 0. The van der Waals surface area contributed by atoms with Crippen LogP contribution in [0.3, 0.4) is 0 Å². The highest BCUT2D eigenvalue weighted by molar-refractivity contribution is 5.89. The second-order valence-corrected chi connectivity index (χ2v) is 4.00. The summed E-state index contributed by atoms with van der Waals surface area (Å²) in [5.74, 6) is -0.721. The predicted octanol–water partition coefficient (Wildman–Crippen LogP) is 2.40. The van der Waals surface area contributed by atoms with Gasteiger partial charge in [-0.2, -0.15) is 0 Å². The van der Waals surface area contributed by atoms with Gasteiger partial charge in [0, 0.05) is 20.1 Å². The van der Waals surface area contributed by atoms with Gasteiger partial charge in [0.1, 0.15) is 5.78 Å². The Kier molecular flexibility index (Phi) is 0.494. The van der Waals surface area contributed by atoms with Gasteiger partial charge >= 0.3 is 0 Å². The van der Waals surface area contributed by atoms with E-state index in [1.54, 1.807) is 0 Å². The lowest BCUT2D eigenvalue weighted by atomic mass is 9.70. The number of Topliss-reactive ketones (excluding diaryl/α,β-unsaturated/α-hetero) is 1. The summed E-state index contributed by atoms with van der Waals surface area (Å²) in [5, 5.41) is 0. The maximum absolute atomic E-state index is 12.0. The number of carbonyl (C=O) groups is 1. The van der Waals surface area contributed by atoms with Crippen LogP contribution in [0.5, 0.6) is 0 Å². The molecule has 2 aliphatic rings. The van der Waals surface area contributed by atoms with Crippen molar-refractivity contribution in [3.63, 3.8) is 0 Å². The Bertz CT molecular complexity index is 354. The molecule has 0 radical (unpaired) electrons. The van der Waals surface area contributed by atoms with E-state index in [0.717, 1.165) is 0 Å². The standard InChI is InChI=1S/C10H16O/c1-9(2)7-4-5-10(9,3)8(11)6-7/h7H,4-6H2,1-3H3/i1D3,2D3. The van der Waals surface area contributed by atoms with Crippen LogP contribution < -0.4 is 0 Å². The molecule has 0 N–H and O–H groups in total. The lowest BCUT2D eigenvalue weighted by Gasteiger charge is -2.32. The first-order chi connectivity index (χ1) is 7.48. The third kappa shape index (κ3) is 0.605. The van der Waals surface area contributed by atoms with Crippen molar-refractivity contribution in [2.45, 2.75) is 39.9 Å². The molecule has 2 fully saturated rings. The summed E-state index contributed by atoms with van der Waals surface area (Å²) in [6, 6.07) is 0. The summed E-state index contributed by atoms with van der Waals surface area (Å²) in [5.41, 5.74) is -3.06. The first-order valence-corrected chi connectivity index (χ1v) is 4.02. The summed E-state index contributed by atoms with van der Waals surface area (Å²) < 4.78 is 46.0. The highest BCUT2D eigenvalue weighted by atomic mass is 16.1. The van der Waals surface area contributed by atoms with Gasteiger partial charge < -0.3 is 0 Å². The third-order valence-electron chi connectivity index (χ3n) is 3.52. The van der Waals surface area contributed by atoms with Crippen molar-refractivity contribution in [3.8, 4) is 0 Å². The number of carbonyl (C=O) groups excluding carboxylic acids is 1. The first kappa shape index (κ1) is 3.20. The van der Waals surface area contributed by atoms with Crippen molar-refractivity contribution >= 4 is 5.78 Å². The van der Waals surface area contributed by atoms with Crippen molar-refractivity contribution in [3.05, 3.63) is 0 Å². The Balaban J connectivity index is 2.70. The van der Waals surface area contributed by atoms with Gasteiger partial charge in [-0.3, -0.25) is 4.79 Å². The van der Waals surface area contributed by atoms with Crippen LogP contribution in [0.15, 0.2) is 0 Å². The Morgan fingerprint density at radius 2 is 2.36 bits per heavy atom. The van der Waals surface area contributed by atoms with Gasteiger partial charge in [-0.1, -0.05) is 20.6 Å². The average Bonchev–Trinajstić information content (AvgIpc) is 2.48. The Morgan fingerprint density at radius 3 is 2.64 bits per heavy atom. The first-order valence-electron chi connectivity index (χ1n) is 7.02. The normalized spacial score (nSPS) is 57.2. The van der Waals surface area contributed by atoms with Crippen LogP contribution in [0.25, 0.3) is 0 Å². The molecule has 2 atom stereocenters. The van der Waals surface area contributed by atoms with Gasteiger partial charge in [0.25, 0.3) is 0 Å². The molecule has 0 aromatic rings. The second-order valence-electron chi connectivity index (χ2n) is 4.00. The summed E-state index contributed by atoms with van der Waals surface area (Å²) in [6.45, 7) is -3.72. The lowest BCUT2D eigenvalue weighted by Crippen LogP contribution is -2.32. The van der Waals surface area contributed by atoms with Crippen molar-refractivity contribution in [1.29, 1.82) is 0 Å². The number of rotatable bonds is 0. The Hall–Kier alpha value is -0.330. The zero-order chi connectivity index (χ0) is 13.3. The molecule has 2 rings (SSSR count). The monoisotopic (exact) mass is 158 g/mol. The van der Waals surface area contributed by atoms with E-state index in [1.165, 1.54) is 6.92 Å². The number of hydrogen-bond donors (Lipinski definition) is 0. The molecule has 2 aliphatic carbocycles. The van der Waals surface area contributed by atoms with Crippen LogP contribution in [0.2, 0.25) is 0 Å². The van der Waals surface area contributed by atoms with E-state index < -0.39 is 30.5 Å². The predicted molar refractivity (Wildman–Crippen MR) is 44.2 cm³/mol. The fraction of sp³-hybridized carbons (Fsp3) is 0.900. The van der Waals surface area contributed by atoms with Crippen LogP contribution in [0, 0.1) is 16.7 Å². The lowest BCUT2D eigenvalue weighted by molar-refractivity contribution is -0.128. The largest absolute Gasteiger partial charge is 0.299 e. The zero-order valence-electron chi connectivity index (χ0n) is 12.6. The molecule has 0 aliphatic heterocycles. The van der Waals surface area contributed by atoms with Crippen molar-refractivity contribution in [1.82, 2.24) is 0 Å². The molecule has 2 saturated carbocycles. The zero-order valence-corrected chi connectivity index (χ0v) is 6.61. The molecule has 62 valence electrons. The SMILES string of the molecule is [2H]C([2H])([2H])C1(C([2H])([2H])[2H])C2CCC1(C)C(=O)C2. The van der Waals surface area contributed by atoms with Crippen molar-refractivity contribution in [2.75, 3.05) is 0 Å². The quantitative estimate of drug-likeness (QED) is 0.529. The van der Waals surface area contributed by atoms with Crippen molar-refractivity contribution < 1.29 is 13.0 Å². The molecule has 0 amide bonds. The van der Waals surface area contributed by atoms with Gasteiger partial charge in [-0.05, 0) is 24.2 Å². The summed E-state index contributed by atoms with van der Waals surface area (Å²) in [4.78, 5) is 12.0. The summed E-state index contributed by atoms with van der Waals surface area (Å²) in [7, 11) is 0. The second kappa shape index (κ2) is 1.70. The molecule has 0 heterocycles. The van der Waals surface area contributed by atoms with E-state index in [-0.39, 0.29) is 12.2 Å². The topological polar surface area (TPSA) is 17.1 Å². The van der Waals surface area contributed by atoms with Crippen LogP contribution >= 0.6 is 0 Å². The van der Waals surface area contributed by atoms with E-state index in [2.05, 4.69) is 0 Å². The van der Waals surface area contributed by atoms with Gasteiger partial charge in [-0.25, -0.2) is 0 Å². The maximum atomic E-state index is 12.0. The maximum Gasteiger partial charge on any atom is 0.139 e. The number of fused-ring (bicyclic) bond motifs is 2. The number of hydrogen-bond acceptors (Lipinski definition) is 1. The van der Waals surface area contributed by atoms with E-state index in [1.807, 2.05) is 0 Å². The molecule has 2 bridgehead atoms. The molecule has 0 aromatic carbocycles. The van der Waals surface area contributed by atoms with Crippen molar-refractivity contribution in [2.24, 2.45) is 16.7 Å². The Morgan fingerprint density at radius 1 is 1.64 bits per heavy atom. The highest BCUT2D eigenvalue weighted by Crippen LogP contribution is 2.63. The molecule has 1 heteroatoms. The minimum atomic E-state index is -2.62. The fourth-order valence-corrected chi connectivity index (χ4v) is 2.39. The van der Waals surface area contributed by atoms with Gasteiger partial charge in [0.2, 0.25) is 0 Å². The van der Waals surface area contributed by atoms with E-state index in [0.29, 0.717) is 12.8 Å². The average molecular weight is 158 g/mol. The molecule has 0 saturated heterocycles. The highest BCUT2D eigenvalue weighted by Gasteiger charge is 2.61. The smallest absolute Gasteiger partial charge is 0.139 e. The van der Waals surface area contributed by atoms with Gasteiger partial charge in [0.05, 0.1) is 0 Å². The van der Waals surface area contributed by atoms with Crippen LogP contribution in [-0.2, 0) is 4.79 Å². The van der Waals surface area contributed by atoms with Crippen LogP contribution in [0.4, 0.5) is 0 Å². The van der Waals surface area contributed by atoms with Crippen LogP contribution in [0.1, 0.15) is 48.1 Å². The van der Waals surface area contributed by atoms with Crippen LogP contribution in [-0.4, -0.2) is 5.78 Å². The molecular formula is C10H16O. The minimum Gasteiger partial charge on any atom is -0.299 e. The summed E-state index contributed by atoms with van der Waals surface area (Å²) in [6.07, 6.45) is 1.01. The molecule has 11 heavy (non-hydrogen) atoms. The van der Waals surface area contributed by atoms with E-state index >= 15 is 0 Å². The molecular weight excluding hydrogens is 136 g/mol. The Labute approximate surface area is 76.6 Å². The fourth-order valence-electron chi connectivity index (χ4n) is 2.39. The van der Waals surface area contributed by atoms with Gasteiger partial charge in [-0.15, -0.1) is 0 Å². The number of ketones is 1. The van der Waals surface area contributed by atoms with E-state index in [9.17, 15) is 4.79 Å². The molecule has 0 aromatic heterocycles. The minimum absolute atomic E-state index is 0.104. The molecule has 0 spiro atoms. The third-order valence-corrected chi connectivity index (χ3v) is 3.52. The molecule has 1 nitrogen and oxygen atoms in total. The van der Waals surface area contributed by atoms with E-state index in [4.69, 9.17) is 8.22 Å².